The Morgan fingerprint density at radius 3 is 2.35 bits per heavy atom. The molecule has 0 saturated heterocycles. The maximum atomic E-state index is 12.9. The number of allylic oxidation sites excluding steroid dienone is 2. The zero-order valence-corrected chi connectivity index (χ0v) is 10.2. The number of hydrogen-bond donors (Lipinski definition) is 2. The lowest BCUT2D eigenvalue weighted by molar-refractivity contribution is -0.151. The van der Waals surface area contributed by atoms with Gasteiger partial charge in [0, 0.05) is 10.1 Å². The van der Waals surface area contributed by atoms with Gasteiger partial charge >= 0.3 is 11.9 Å². The average molecular weight is 311 g/mol. The highest BCUT2D eigenvalue weighted by Gasteiger charge is 2.50. The van der Waals surface area contributed by atoms with Crippen LogP contribution in [0.1, 0.15) is 6.92 Å². The molecular weight excluding hydrogens is 302 g/mol. The number of carbonyl (C=O) groups is 2. The molecule has 0 aromatic carbocycles. The molecule has 1 aliphatic carbocycles. The van der Waals surface area contributed by atoms with Gasteiger partial charge in [0.15, 0.2) is 0 Å². The highest BCUT2D eigenvalue weighted by molar-refractivity contribution is 9.11. The van der Waals surface area contributed by atoms with Crippen molar-refractivity contribution >= 4 is 27.9 Å². The molecule has 0 heterocycles. The molecule has 1 aliphatic rings. The van der Waals surface area contributed by atoms with Crippen molar-refractivity contribution < 1.29 is 28.6 Å². The lowest BCUT2D eigenvalue weighted by Gasteiger charge is -2.34. The van der Waals surface area contributed by atoms with Gasteiger partial charge < -0.3 is 10.2 Å². The summed E-state index contributed by atoms with van der Waals surface area (Å²) in [7, 11) is 0. The molecule has 4 nitrogen and oxygen atoms in total. The van der Waals surface area contributed by atoms with Gasteiger partial charge in [0.1, 0.15) is 0 Å². The van der Waals surface area contributed by atoms with Crippen molar-refractivity contribution in [3.05, 3.63) is 22.2 Å². The molecule has 0 bridgehead atoms. The Morgan fingerprint density at radius 1 is 1.47 bits per heavy atom. The van der Waals surface area contributed by atoms with E-state index in [4.69, 9.17) is 10.2 Å². The summed E-state index contributed by atoms with van der Waals surface area (Å²) in [6.07, 6.45) is -0.988. The van der Waals surface area contributed by atoms with E-state index in [0.717, 1.165) is 19.1 Å². The Balaban J connectivity index is 3.39. The van der Waals surface area contributed by atoms with Crippen molar-refractivity contribution in [3.8, 4) is 0 Å². The SMILES string of the molecule is CC1(C(=O)O)C=C(Br)C=C(C(=O)O)C1C(F)F. The van der Waals surface area contributed by atoms with E-state index in [-0.39, 0.29) is 4.48 Å². The van der Waals surface area contributed by atoms with Gasteiger partial charge in [-0.15, -0.1) is 0 Å². The maximum Gasteiger partial charge on any atom is 0.332 e. The van der Waals surface area contributed by atoms with Gasteiger partial charge in [-0.05, 0) is 13.0 Å². The zero-order chi connectivity index (χ0) is 13.4. The first-order chi connectivity index (χ1) is 7.70. The van der Waals surface area contributed by atoms with Crippen LogP contribution >= 0.6 is 15.9 Å². The van der Waals surface area contributed by atoms with Crippen LogP contribution in [0.3, 0.4) is 0 Å². The van der Waals surface area contributed by atoms with Crippen molar-refractivity contribution in [2.24, 2.45) is 11.3 Å². The fourth-order valence-electron chi connectivity index (χ4n) is 1.77. The second-order valence-corrected chi connectivity index (χ2v) is 4.75. The Kier molecular flexibility index (Phi) is 3.71. The van der Waals surface area contributed by atoms with Crippen molar-refractivity contribution in [2.75, 3.05) is 0 Å². The summed E-state index contributed by atoms with van der Waals surface area (Å²) in [5.74, 6) is -4.92. The summed E-state index contributed by atoms with van der Waals surface area (Å²) in [5.41, 5.74) is -2.56. The third-order valence-corrected chi connectivity index (χ3v) is 3.13. The van der Waals surface area contributed by atoms with Crippen LogP contribution in [0, 0.1) is 11.3 Å². The Labute approximate surface area is 104 Å². The monoisotopic (exact) mass is 310 g/mol. The molecule has 0 amide bonds. The molecule has 0 fully saturated rings. The molecule has 0 saturated carbocycles. The standard InChI is InChI=1S/C10H9BrF2O4/c1-10(9(16)17)3-4(11)2-5(8(14)15)6(10)7(12)13/h2-3,6-7H,1H3,(H,14,15)(H,16,17). The van der Waals surface area contributed by atoms with Gasteiger partial charge in [-0.1, -0.05) is 22.0 Å². The Hall–Kier alpha value is -1.24. The quantitative estimate of drug-likeness (QED) is 0.838. The summed E-state index contributed by atoms with van der Waals surface area (Å²) < 4.78 is 26.0. The third-order valence-electron chi connectivity index (χ3n) is 2.67. The molecule has 7 heteroatoms. The number of halogens is 3. The molecule has 0 spiro atoms. The van der Waals surface area contributed by atoms with E-state index in [0.29, 0.717) is 0 Å². The largest absolute Gasteiger partial charge is 0.481 e. The molecule has 2 unspecified atom stereocenters. The zero-order valence-electron chi connectivity index (χ0n) is 8.65. The maximum absolute atomic E-state index is 12.9. The van der Waals surface area contributed by atoms with Crippen LogP contribution in [0.5, 0.6) is 0 Å². The lowest BCUT2D eigenvalue weighted by Crippen LogP contribution is -2.42. The van der Waals surface area contributed by atoms with Crippen LogP contribution in [0.15, 0.2) is 22.2 Å². The lowest BCUT2D eigenvalue weighted by atomic mass is 9.70. The second-order valence-electron chi connectivity index (χ2n) is 3.83. The highest BCUT2D eigenvalue weighted by atomic mass is 79.9. The second kappa shape index (κ2) is 4.56. The number of aliphatic carboxylic acids is 2. The predicted octanol–water partition coefficient (Wildman–Crippen LogP) is 2.26. The first-order valence-corrected chi connectivity index (χ1v) is 5.34. The van der Waals surface area contributed by atoms with E-state index < -0.39 is 35.3 Å². The number of alkyl halides is 2. The van der Waals surface area contributed by atoms with Gasteiger partial charge in [-0.2, -0.15) is 0 Å². The molecule has 1 rings (SSSR count). The summed E-state index contributed by atoms with van der Waals surface area (Å²) in [6, 6.07) is 0. The summed E-state index contributed by atoms with van der Waals surface area (Å²) in [4.78, 5) is 22.0. The number of hydrogen-bond acceptors (Lipinski definition) is 2. The minimum Gasteiger partial charge on any atom is -0.481 e. The highest BCUT2D eigenvalue weighted by Crippen LogP contribution is 2.44. The normalized spacial score (nSPS) is 28.6. The van der Waals surface area contributed by atoms with E-state index in [1.54, 1.807) is 0 Å². The van der Waals surface area contributed by atoms with Crippen LogP contribution in [0.2, 0.25) is 0 Å². The molecule has 0 aromatic rings. The van der Waals surface area contributed by atoms with Gasteiger partial charge in [0.2, 0.25) is 6.43 Å². The molecule has 0 aliphatic heterocycles. The van der Waals surface area contributed by atoms with E-state index in [1.807, 2.05) is 0 Å². The Bertz CT molecular complexity index is 430. The summed E-state index contributed by atoms with van der Waals surface area (Å²) in [5, 5.41) is 17.9. The van der Waals surface area contributed by atoms with E-state index >= 15 is 0 Å². The van der Waals surface area contributed by atoms with Crippen LogP contribution in [-0.4, -0.2) is 28.6 Å². The van der Waals surface area contributed by atoms with Crippen LogP contribution in [-0.2, 0) is 9.59 Å². The van der Waals surface area contributed by atoms with Gasteiger partial charge in [0.25, 0.3) is 0 Å². The summed E-state index contributed by atoms with van der Waals surface area (Å²) >= 11 is 2.93. The predicted molar refractivity (Wildman–Crippen MR) is 58.0 cm³/mol. The summed E-state index contributed by atoms with van der Waals surface area (Å²) in [6.45, 7) is 1.07. The molecule has 17 heavy (non-hydrogen) atoms. The van der Waals surface area contributed by atoms with Crippen LogP contribution < -0.4 is 0 Å². The molecule has 0 radical (unpaired) electrons. The van der Waals surface area contributed by atoms with Gasteiger partial charge in [-0.25, -0.2) is 13.6 Å². The molecule has 2 atom stereocenters. The first-order valence-electron chi connectivity index (χ1n) is 4.55. The molecule has 0 aromatic heterocycles. The minimum absolute atomic E-state index is 0.164. The fraction of sp³-hybridized carbons (Fsp3) is 0.400. The van der Waals surface area contributed by atoms with Crippen LogP contribution in [0.4, 0.5) is 8.78 Å². The topological polar surface area (TPSA) is 74.6 Å². The van der Waals surface area contributed by atoms with Gasteiger partial charge in [0.05, 0.1) is 11.3 Å². The van der Waals surface area contributed by atoms with E-state index in [9.17, 15) is 18.4 Å². The van der Waals surface area contributed by atoms with Crippen molar-refractivity contribution in [1.29, 1.82) is 0 Å². The van der Waals surface area contributed by atoms with Crippen molar-refractivity contribution in [1.82, 2.24) is 0 Å². The van der Waals surface area contributed by atoms with E-state index in [2.05, 4.69) is 15.9 Å². The number of carboxylic acids is 2. The fourth-order valence-corrected chi connectivity index (χ4v) is 2.49. The smallest absolute Gasteiger partial charge is 0.332 e. The molecule has 2 N–H and O–H groups in total. The minimum atomic E-state index is -3.07. The van der Waals surface area contributed by atoms with E-state index in [1.165, 1.54) is 0 Å². The van der Waals surface area contributed by atoms with Crippen molar-refractivity contribution in [2.45, 2.75) is 13.3 Å². The molecular formula is C10H9BrF2O4. The first kappa shape index (κ1) is 13.8. The number of rotatable bonds is 3. The van der Waals surface area contributed by atoms with Crippen molar-refractivity contribution in [3.63, 3.8) is 0 Å². The molecule has 94 valence electrons. The number of carboxylic acid groups (broad SMARTS) is 2. The third kappa shape index (κ3) is 2.38. The van der Waals surface area contributed by atoms with Crippen LogP contribution in [0.25, 0.3) is 0 Å². The Morgan fingerprint density at radius 2 is 2.00 bits per heavy atom. The van der Waals surface area contributed by atoms with Gasteiger partial charge in [-0.3, -0.25) is 4.79 Å². The average Bonchev–Trinajstić information content (AvgIpc) is 2.14.